The first kappa shape index (κ1) is 40.4. The van der Waals surface area contributed by atoms with E-state index in [9.17, 15) is 29.4 Å². The van der Waals surface area contributed by atoms with Crippen molar-refractivity contribution < 1.29 is 53.1 Å². The molecule has 0 radical (unpaired) electrons. The Morgan fingerprint density at radius 3 is 1.91 bits per heavy atom. The van der Waals surface area contributed by atoms with Crippen LogP contribution in [0.25, 0.3) is 0 Å². The number of alkyl carbamates (subject to hydrolysis) is 2. The van der Waals surface area contributed by atoms with Crippen LogP contribution in [0.4, 0.5) is 9.59 Å². The second kappa shape index (κ2) is 19.3. The molecule has 16 nitrogen and oxygen atoms in total. The molecule has 3 saturated heterocycles. The van der Waals surface area contributed by atoms with E-state index in [-0.39, 0.29) is 26.2 Å². The van der Waals surface area contributed by atoms with Crippen LogP contribution < -0.4 is 27.0 Å². The highest BCUT2D eigenvalue weighted by Gasteiger charge is 2.46. The zero-order valence-electron chi connectivity index (χ0n) is 28.7. The van der Waals surface area contributed by atoms with Crippen LogP contribution in [0.5, 0.6) is 0 Å². The molecular weight excluding hydrogens is 618 g/mol. The first-order chi connectivity index (χ1) is 22.0. The van der Waals surface area contributed by atoms with Gasteiger partial charge in [-0.05, 0) is 86.5 Å². The molecule has 0 spiro atoms. The number of fused-ring (bicyclic) bond motifs is 6. The fourth-order valence-electron chi connectivity index (χ4n) is 4.87. The second-order valence-corrected chi connectivity index (χ2v) is 13.8. The van der Waals surface area contributed by atoms with Crippen molar-refractivity contribution in [2.75, 3.05) is 32.8 Å². The topological polar surface area (TPSA) is 229 Å². The van der Waals surface area contributed by atoms with Gasteiger partial charge >= 0.3 is 12.2 Å². The number of carbonyl (C=O) groups is 4. The van der Waals surface area contributed by atoms with E-state index in [1.54, 1.807) is 41.5 Å². The van der Waals surface area contributed by atoms with Gasteiger partial charge in [0.25, 0.3) is 0 Å². The van der Waals surface area contributed by atoms with Crippen molar-refractivity contribution in [2.45, 2.75) is 140 Å². The maximum Gasteiger partial charge on any atom is 0.407 e. The van der Waals surface area contributed by atoms with Gasteiger partial charge in [0.2, 0.25) is 11.8 Å². The molecule has 0 aromatic rings. The summed E-state index contributed by atoms with van der Waals surface area (Å²) in [6.45, 7) is 11.8. The lowest BCUT2D eigenvalue weighted by Gasteiger charge is -2.41. The summed E-state index contributed by atoms with van der Waals surface area (Å²) in [5, 5.41) is 31.8. The van der Waals surface area contributed by atoms with E-state index in [2.05, 4.69) is 21.3 Å². The summed E-state index contributed by atoms with van der Waals surface area (Å²) in [6.07, 6.45) is -3.19. The fraction of sp³-hybridized carbons (Fsp3) is 0.871. The Labute approximate surface area is 277 Å². The van der Waals surface area contributed by atoms with Crippen LogP contribution in [-0.2, 0) is 33.3 Å². The van der Waals surface area contributed by atoms with Gasteiger partial charge in [-0.2, -0.15) is 0 Å². The third-order valence-electron chi connectivity index (χ3n) is 7.17. The molecule has 272 valence electrons. The van der Waals surface area contributed by atoms with Crippen molar-refractivity contribution in [3.8, 4) is 0 Å². The van der Waals surface area contributed by atoms with E-state index in [1.807, 2.05) is 0 Å². The van der Waals surface area contributed by atoms with E-state index in [1.165, 1.54) is 0 Å². The summed E-state index contributed by atoms with van der Waals surface area (Å²) >= 11 is 0. The van der Waals surface area contributed by atoms with Gasteiger partial charge in [0.1, 0.15) is 41.7 Å². The molecule has 0 aromatic carbocycles. The Bertz CT molecular complexity index is 1000. The van der Waals surface area contributed by atoms with Crippen LogP contribution in [0.15, 0.2) is 0 Å². The number of carbonyl (C=O) groups excluding carboxylic acids is 4. The van der Waals surface area contributed by atoms with Gasteiger partial charge in [-0.1, -0.05) is 0 Å². The fourth-order valence-corrected chi connectivity index (χ4v) is 4.87. The van der Waals surface area contributed by atoms with Gasteiger partial charge in [0.05, 0.1) is 12.6 Å². The van der Waals surface area contributed by atoms with Gasteiger partial charge < -0.3 is 60.9 Å². The van der Waals surface area contributed by atoms with Gasteiger partial charge in [0, 0.05) is 26.2 Å². The van der Waals surface area contributed by atoms with Crippen LogP contribution >= 0.6 is 0 Å². The van der Waals surface area contributed by atoms with Crippen molar-refractivity contribution in [3.63, 3.8) is 0 Å². The Morgan fingerprint density at radius 2 is 1.34 bits per heavy atom. The van der Waals surface area contributed by atoms with Crippen molar-refractivity contribution in [3.05, 3.63) is 0 Å². The number of aliphatic hydroxyl groups excluding tert-OH is 2. The lowest BCUT2D eigenvalue weighted by molar-refractivity contribution is -0.292. The Morgan fingerprint density at radius 1 is 0.787 bits per heavy atom. The Kier molecular flexibility index (Phi) is 16.6. The van der Waals surface area contributed by atoms with Crippen LogP contribution in [0, 0.1) is 0 Å². The molecule has 0 saturated carbocycles. The minimum absolute atomic E-state index is 0.0730. The summed E-state index contributed by atoms with van der Waals surface area (Å²) in [4.78, 5) is 50.1. The molecule has 0 aliphatic carbocycles. The first-order valence-electron chi connectivity index (χ1n) is 16.5. The number of amides is 4. The van der Waals surface area contributed by atoms with Crippen LogP contribution in [0.3, 0.4) is 0 Å². The van der Waals surface area contributed by atoms with E-state index >= 15 is 0 Å². The standard InChI is InChI=1S/C31H57N5O11/c1-30(2,3)46-28(41)33-14-9-7-12-19(32)25(39)36-20(13-8-10-15-34-29(42)47-31(4,5)6)26(40)35-18-21-24-22(37)23(38)27(45-21)44-17-11-16-43-24/h19-24,27,37-38H,7-18,32H2,1-6H3,(H,33,41)(H,34,42)(H,35,40)(H,36,39)/t19-,20-,21?,22?,23?,24?,27?/m0/s1. The number of nitrogens with one attached hydrogen (secondary N) is 4. The highest BCUT2D eigenvalue weighted by molar-refractivity contribution is 5.89. The lowest BCUT2D eigenvalue weighted by atomic mass is 9.98. The van der Waals surface area contributed by atoms with E-state index in [4.69, 9.17) is 29.4 Å². The molecule has 3 aliphatic heterocycles. The third-order valence-corrected chi connectivity index (χ3v) is 7.17. The van der Waals surface area contributed by atoms with Crippen LogP contribution in [-0.4, -0.2) is 121 Å². The molecule has 4 amide bonds. The predicted molar refractivity (Wildman–Crippen MR) is 170 cm³/mol. The molecule has 3 fully saturated rings. The zero-order valence-corrected chi connectivity index (χ0v) is 28.7. The minimum atomic E-state index is -1.30. The molecule has 5 unspecified atom stereocenters. The summed E-state index contributed by atoms with van der Waals surface area (Å²) in [7, 11) is 0. The highest BCUT2D eigenvalue weighted by Crippen LogP contribution is 2.26. The number of ether oxygens (including phenoxy) is 5. The molecule has 3 rings (SSSR count). The molecule has 3 heterocycles. The summed E-state index contributed by atoms with van der Waals surface area (Å²) in [5.41, 5.74) is 4.91. The van der Waals surface area contributed by atoms with Crippen molar-refractivity contribution in [2.24, 2.45) is 5.73 Å². The van der Waals surface area contributed by atoms with Gasteiger partial charge in [0.15, 0.2) is 6.29 Å². The smallest absolute Gasteiger partial charge is 0.407 e. The monoisotopic (exact) mass is 675 g/mol. The maximum atomic E-state index is 13.4. The number of hydrogen-bond acceptors (Lipinski definition) is 12. The quantitative estimate of drug-likeness (QED) is 0.118. The van der Waals surface area contributed by atoms with E-state index < -0.39 is 78.0 Å². The second-order valence-electron chi connectivity index (χ2n) is 13.8. The lowest BCUT2D eigenvalue weighted by Crippen LogP contribution is -2.61. The molecular formula is C31H57N5O11. The zero-order chi connectivity index (χ0) is 35.2. The summed E-state index contributed by atoms with van der Waals surface area (Å²) < 4.78 is 27.5. The molecule has 0 aromatic heterocycles. The normalized spacial score (nSPS) is 24.5. The molecule has 8 N–H and O–H groups in total. The number of hydrogen-bond donors (Lipinski definition) is 7. The molecule has 16 heteroatoms. The molecule has 47 heavy (non-hydrogen) atoms. The van der Waals surface area contributed by atoms with Crippen LogP contribution in [0.1, 0.15) is 86.5 Å². The van der Waals surface area contributed by atoms with Crippen molar-refractivity contribution in [1.29, 1.82) is 0 Å². The van der Waals surface area contributed by atoms with E-state index in [0.29, 0.717) is 51.6 Å². The summed E-state index contributed by atoms with van der Waals surface area (Å²) in [6, 6.07) is -1.85. The average Bonchev–Trinajstić information content (AvgIpc) is 3.10. The number of aliphatic hydroxyl groups is 2. The third kappa shape index (κ3) is 15.8. The number of rotatable bonds is 15. The average molecular weight is 676 g/mol. The summed E-state index contributed by atoms with van der Waals surface area (Å²) in [5.74, 6) is -1.01. The van der Waals surface area contributed by atoms with Crippen LogP contribution in [0.2, 0.25) is 0 Å². The molecule has 3 aliphatic rings. The van der Waals surface area contributed by atoms with Gasteiger partial charge in [-0.15, -0.1) is 0 Å². The number of unbranched alkanes of at least 4 members (excludes halogenated alkanes) is 2. The van der Waals surface area contributed by atoms with Crippen molar-refractivity contribution in [1.82, 2.24) is 21.3 Å². The SMILES string of the molecule is CC(C)(C)OC(=O)NCCCC[C@H](NC(=O)[C@@H](N)CCCCNC(=O)OC(C)(C)C)C(=O)NCC1OC2OCCCOC1C(O)C2O. The largest absolute Gasteiger partial charge is 0.444 e. The first-order valence-corrected chi connectivity index (χ1v) is 16.5. The minimum Gasteiger partial charge on any atom is -0.444 e. The Balaban J connectivity index is 1.92. The van der Waals surface area contributed by atoms with Gasteiger partial charge in [-0.25, -0.2) is 9.59 Å². The van der Waals surface area contributed by atoms with Gasteiger partial charge in [-0.3, -0.25) is 9.59 Å². The molecule has 7 atom stereocenters. The molecule has 2 bridgehead atoms. The predicted octanol–water partition coefficient (Wildman–Crippen LogP) is 0.557. The highest BCUT2D eigenvalue weighted by atomic mass is 16.7. The van der Waals surface area contributed by atoms with E-state index in [0.717, 1.165) is 0 Å². The number of nitrogens with two attached hydrogens (primary N) is 1. The van der Waals surface area contributed by atoms with Crippen molar-refractivity contribution >= 4 is 24.0 Å². The Hall–Kier alpha value is -2.76. The maximum absolute atomic E-state index is 13.4.